The Morgan fingerprint density at radius 1 is 1.44 bits per heavy atom. The summed E-state index contributed by atoms with van der Waals surface area (Å²) in [6.45, 7) is 5.90. The molecule has 3 heteroatoms. The zero-order valence-electron chi connectivity index (χ0n) is 11.2. The first-order valence-electron chi connectivity index (χ1n) is 6.31. The molecule has 1 aromatic rings. The summed E-state index contributed by atoms with van der Waals surface area (Å²) in [6.07, 6.45) is 3.64. The fraction of sp³-hybridized carbons (Fsp3) is 0.400. The van der Waals surface area contributed by atoms with Gasteiger partial charge in [0, 0.05) is 10.6 Å². The Hall–Kier alpha value is -1.28. The third-order valence-corrected chi connectivity index (χ3v) is 3.07. The summed E-state index contributed by atoms with van der Waals surface area (Å²) in [6, 6.07) is 7.63. The van der Waals surface area contributed by atoms with Crippen LogP contribution in [0.25, 0.3) is 0 Å². The number of rotatable bonds is 5. The molecule has 0 aromatic heterocycles. The highest BCUT2D eigenvalue weighted by Crippen LogP contribution is 2.20. The predicted octanol–water partition coefficient (Wildman–Crippen LogP) is 4.26. The maximum absolute atomic E-state index is 11.9. The summed E-state index contributed by atoms with van der Waals surface area (Å²) < 4.78 is 0. The number of carbonyl (C=O) groups excluding carboxylic acids is 1. The van der Waals surface area contributed by atoms with Gasteiger partial charge in [-0.2, -0.15) is 0 Å². The second-order valence-electron chi connectivity index (χ2n) is 4.28. The molecule has 0 aliphatic carbocycles. The standard InChI is InChI=1S/C15H20ClNO/c1-4-7-11(3)15(18)17-14(5-2)12-8-6-9-13(16)10-12/h6-10,14H,4-5H2,1-3H3,(H,17,18)/b11-7-. The minimum Gasteiger partial charge on any atom is -0.346 e. The molecule has 1 amide bonds. The molecule has 0 spiro atoms. The van der Waals surface area contributed by atoms with Crippen LogP contribution in [0.1, 0.15) is 45.2 Å². The molecule has 0 aliphatic rings. The maximum atomic E-state index is 11.9. The van der Waals surface area contributed by atoms with Gasteiger partial charge in [-0.1, -0.05) is 43.7 Å². The molecule has 0 radical (unpaired) electrons. The Morgan fingerprint density at radius 2 is 2.17 bits per heavy atom. The first-order chi connectivity index (χ1) is 8.58. The van der Waals surface area contributed by atoms with Crippen molar-refractivity contribution in [2.24, 2.45) is 0 Å². The van der Waals surface area contributed by atoms with Gasteiger partial charge in [0.15, 0.2) is 0 Å². The Morgan fingerprint density at radius 3 is 2.72 bits per heavy atom. The molecule has 0 bridgehead atoms. The van der Waals surface area contributed by atoms with Crippen molar-refractivity contribution in [3.8, 4) is 0 Å². The summed E-state index contributed by atoms with van der Waals surface area (Å²) in [4.78, 5) is 11.9. The van der Waals surface area contributed by atoms with Gasteiger partial charge in [0.2, 0.25) is 5.91 Å². The zero-order chi connectivity index (χ0) is 13.5. The van der Waals surface area contributed by atoms with Gasteiger partial charge in [-0.15, -0.1) is 0 Å². The summed E-state index contributed by atoms with van der Waals surface area (Å²) >= 11 is 5.97. The molecule has 0 saturated heterocycles. The second kappa shape index (κ2) is 7.22. The number of hydrogen-bond donors (Lipinski definition) is 1. The molecule has 1 atom stereocenters. The largest absolute Gasteiger partial charge is 0.346 e. The molecular weight excluding hydrogens is 246 g/mol. The molecule has 1 N–H and O–H groups in total. The highest BCUT2D eigenvalue weighted by atomic mass is 35.5. The van der Waals surface area contributed by atoms with Crippen LogP contribution in [0.5, 0.6) is 0 Å². The van der Waals surface area contributed by atoms with Crippen molar-refractivity contribution in [2.45, 2.75) is 39.7 Å². The second-order valence-corrected chi connectivity index (χ2v) is 4.72. The van der Waals surface area contributed by atoms with Gasteiger partial charge in [-0.25, -0.2) is 0 Å². The van der Waals surface area contributed by atoms with Crippen molar-refractivity contribution < 1.29 is 4.79 Å². The number of allylic oxidation sites excluding steroid dienone is 1. The fourth-order valence-electron chi connectivity index (χ4n) is 1.82. The molecule has 98 valence electrons. The fourth-order valence-corrected chi connectivity index (χ4v) is 2.01. The number of carbonyl (C=O) groups is 1. The average Bonchev–Trinajstić information content (AvgIpc) is 2.35. The SMILES string of the molecule is CC/C=C(/C)C(=O)NC(CC)c1cccc(Cl)c1. The molecule has 2 nitrogen and oxygen atoms in total. The van der Waals surface area contributed by atoms with Crippen molar-refractivity contribution in [3.63, 3.8) is 0 Å². The van der Waals surface area contributed by atoms with E-state index in [2.05, 4.69) is 5.32 Å². The molecule has 0 saturated carbocycles. The number of amides is 1. The van der Waals surface area contributed by atoms with E-state index in [9.17, 15) is 4.79 Å². The van der Waals surface area contributed by atoms with Crippen molar-refractivity contribution in [1.82, 2.24) is 5.32 Å². The number of nitrogens with one attached hydrogen (secondary N) is 1. The molecule has 0 aliphatic heterocycles. The highest BCUT2D eigenvalue weighted by Gasteiger charge is 2.13. The highest BCUT2D eigenvalue weighted by molar-refractivity contribution is 6.30. The van der Waals surface area contributed by atoms with Crippen molar-refractivity contribution >= 4 is 17.5 Å². The number of benzene rings is 1. The van der Waals surface area contributed by atoms with Crippen LogP contribution >= 0.6 is 11.6 Å². The molecule has 1 rings (SSSR count). The van der Waals surface area contributed by atoms with Crippen LogP contribution in [-0.2, 0) is 4.79 Å². The summed E-state index contributed by atoms with van der Waals surface area (Å²) in [5.74, 6) is -0.0105. The van der Waals surface area contributed by atoms with Gasteiger partial charge >= 0.3 is 0 Å². The van der Waals surface area contributed by atoms with Crippen LogP contribution in [0.2, 0.25) is 5.02 Å². The van der Waals surface area contributed by atoms with Gasteiger partial charge < -0.3 is 5.32 Å². The lowest BCUT2D eigenvalue weighted by Gasteiger charge is -2.18. The summed E-state index contributed by atoms with van der Waals surface area (Å²) in [7, 11) is 0. The van der Waals surface area contributed by atoms with Gasteiger partial charge in [-0.3, -0.25) is 4.79 Å². The van der Waals surface area contributed by atoms with Crippen LogP contribution in [0.15, 0.2) is 35.9 Å². The monoisotopic (exact) mass is 265 g/mol. The minimum atomic E-state index is -0.0105. The molecular formula is C15H20ClNO. The Kier molecular flexibility index (Phi) is 5.93. The van der Waals surface area contributed by atoms with E-state index in [1.165, 1.54) is 0 Å². The first kappa shape index (κ1) is 14.8. The Labute approximate surface area is 114 Å². The zero-order valence-corrected chi connectivity index (χ0v) is 11.9. The number of hydrogen-bond acceptors (Lipinski definition) is 1. The Bertz CT molecular complexity index is 440. The maximum Gasteiger partial charge on any atom is 0.247 e. The van der Waals surface area contributed by atoms with E-state index >= 15 is 0 Å². The van der Waals surface area contributed by atoms with E-state index in [-0.39, 0.29) is 11.9 Å². The molecule has 1 unspecified atom stereocenters. The smallest absolute Gasteiger partial charge is 0.247 e. The van der Waals surface area contributed by atoms with Gasteiger partial charge in [0.05, 0.1) is 6.04 Å². The van der Waals surface area contributed by atoms with E-state index in [0.29, 0.717) is 5.02 Å². The first-order valence-corrected chi connectivity index (χ1v) is 6.69. The third-order valence-electron chi connectivity index (χ3n) is 2.83. The minimum absolute atomic E-state index is 0.0105. The van der Waals surface area contributed by atoms with Crippen LogP contribution in [0.3, 0.4) is 0 Å². The van der Waals surface area contributed by atoms with E-state index in [4.69, 9.17) is 11.6 Å². The van der Waals surface area contributed by atoms with Crippen LogP contribution in [0, 0.1) is 0 Å². The van der Waals surface area contributed by atoms with Gasteiger partial charge in [0.25, 0.3) is 0 Å². The van der Waals surface area contributed by atoms with Crippen molar-refractivity contribution in [1.29, 1.82) is 0 Å². The lowest BCUT2D eigenvalue weighted by molar-refractivity contribution is -0.118. The van der Waals surface area contributed by atoms with Crippen molar-refractivity contribution in [3.05, 3.63) is 46.5 Å². The summed E-state index contributed by atoms with van der Waals surface area (Å²) in [5.41, 5.74) is 1.81. The van der Waals surface area contributed by atoms with E-state index < -0.39 is 0 Å². The quantitative estimate of drug-likeness (QED) is 0.792. The van der Waals surface area contributed by atoms with Crippen LogP contribution in [-0.4, -0.2) is 5.91 Å². The molecule has 1 aromatic carbocycles. The molecule has 0 heterocycles. The lowest BCUT2D eigenvalue weighted by atomic mass is 10.0. The predicted molar refractivity (Wildman–Crippen MR) is 76.7 cm³/mol. The summed E-state index contributed by atoms with van der Waals surface area (Å²) in [5, 5.41) is 3.72. The van der Waals surface area contributed by atoms with Gasteiger partial charge in [0.1, 0.15) is 0 Å². The molecule has 0 fully saturated rings. The average molecular weight is 266 g/mol. The third kappa shape index (κ3) is 4.19. The van der Waals surface area contributed by atoms with E-state index in [0.717, 1.165) is 24.0 Å². The lowest BCUT2D eigenvalue weighted by Crippen LogP contribution is -2.28. The number of halogens is 1. The van der Waals surface area contributed by atoms with Crippen molar-refractivity contribution in [2.75, 3.05) is 0 Å². The topological polar surface area (TPSA) is 29.1 Å². The van der Waals surface area contributed by atoms with E-state index in [1.807, 2.05) is 51.1 Å². The molecule has 18 heavy (non-hydrogen) atoms. The van der Waals surface area contributed by atoms with E-state index in [1.54, 1.807) is 0 Å². The van der Waals surface area contributed by atoms with Gasteiger partial charge in [-0.05, 0) is 37.5 Å². The van der Waals surface area contributed by atoms with Crippen LogP contribution < -0.4 is 5.32 Å². The normalized spacial score (nSPS) is 13.2. The Balaban J connectivity index is 2.80. The van der Waals surface area contributed by atoms with Crippen LogP contribution in [0.4, 0.5) is 0 Å².